The van der Waals surface area contributed by atoms with Crippen LogP contribution in [0.25, 0.3) is 0 Å². The minimum Gasteiger partial charge on any atom is -0.444 e. The lowest BCUT2D eigenvalue weighted by atomic mass is 10.2. The number of alkyl carbamates (subject to hydrolysis) is 1. The molecule has 27 heavy (non-hydrogen) atoms. The van der Waals surface area contributed by atoms with E-state index in [-0.39, 0.29) is 36.2 Å². The fraction of sp³-hybridized carbons (Fsp3) is 0.625. The van der Waals surface area contributed by atoms with Crippen LogP contribution in [-0.4, -0.2) is 67.9 Å². The van der Waals surface area contributed by atoms with Gasteiger partial charge in [0.05, 0.1) is 3.79 Å². The topological polar surface area (TPSA) is 96.0 Å². The molecule has 8 nitrogen and oxygen atoms in total. The second-order valence-corrected chi connectivity index (χ2v) is 11.6. The molecule has 0 aromatic carbocycles. The Kier molecular flexibility index (Phi) is 7.28. The van der Waals surface area contributed by atoms with Crippen LogP contribution < -0.4 is 5.32 Å². The molecule has 1 aromatic rings. The van der Waals surface area contributed by atoms with Crippen LogP contribution >= 0.6 is 27.3 Å². The molecule has 2 heterocycles. The number of halogens is 1. The maximum Gasteiger partial charge on any atom is 0.407 e. The van der Waals surface area contributed by atoms with Crippen molar-refractivity contribution in [3.63, 3.8) is 0 Å². The largest absolute Gasteiger partial charge is 0.444 e. The van der Waals surface area contributed by atoms with Crippen molar-refractivity contribution in [1.82, 2.24) is 14.5 Å². The summed E-state index contributed by atoms with van der Waals surface area (Å²) >= 11 is 4.44. The number of nitrogens with zero attached hydrogens (tertiary/aromatic N) is 2. The van der Waals surface area contributed by atoms with E-state index in [1.54, 1.807) is 37.8 Å². The third-order valence-corrected chi connectivity index (χ3v) is 7.73. The minimum absolute atomic E-state index is 0.123. The van der Waals surface area contributed by atoms with E-state index in [0.29, 0.717) is 13.1 Å². The fourth-order valence-corrected chi connectivity index (χ4v) is 6.07. The normalized spacial score (nSPS) is 16.2. The fourth-order valence-electron chi connectivity index (χ4n) is 2.49. The summed E-state index contributed by atoms with van der Waals surface area (Å²) < 4.78 is 32.7. The summed E-state index contributed by atoms with van der Waals surface area (Å²) in [5.74, 6) is -0.123. The van der Waals surface area contributed by atoms with Crippen molar-refractivity contribution < 1.29 is 22.7 Å². The van der Waals surface area contributed by atoms with E-state index >= 15 is 0 Å². The Morgan fingerprint density at radius 2 is 1.85 bits per heavy atom. The summed E-state index contributed by atoms with van der Waals surface area (Å²) in [6.45, 7) is 6.64. The summed E-state index contributed by atoms with van der Waals surface area (Å²) in [6, 6.07) is 3.28. The van der Waals surface area contributed by atoms with Crippen molar-refractivity contribution in [2.24, 2.45) is 0 Å². The Morgan fingerprint density at radius 3 is 2.37 bits per heavy atom. The van der Waals surface area contributed by atoms with Crippen LogP contribution in [0.4, 0.5) is 4.79 Å². The molecule has 0 atom stereocenters. The summed E-state index contributed by atoms with van der Waals surface area (Å²) in [5.41, 5.74) is -0.589. The first-order valence-corrected chi connectivity index (χ1v) is 11.5. The maximum atomic E-state index is 12.6. The number of hydrogen-bond acceptors (Lipinski definition) is 6. The van der Waals surface area contributed by atoms with Crippen LogP contribution in [0, 0.1) is 0 Å². The van der Waals surface area contributed by atoms with Crippen LogP contribution in [0.3, 0.4) is 0 Å². The molecule has 1 aromatic heterocycles. The molecule has 0 bridgehead atoms. The van der Waals surface area contributed by atoms with Crippen LogP contribution in [0.2, 0.25) is 0 Å². The van der Waals surface area contributed by atoms with E-state index in [0.717, 1.165) is 3.79 Å². The van der Waals surface area contributed by atoms with Crippen molar-refractivity contribution in [1.29, 1.82) is 0 Å². The summed E-state index contributed by atoms with van der Waals surface area (Å²) in [5, 5.41) is 2.55. The van der Waals surface area contributed by atoms with E-state index in [9.17, 15) is 18.0 Å². The molecule has 0 spiro atoms. The SMILES string of the molecule is CC(C)(C)OC(=O)NCCC(=O)N1CCN(S(=O)(=O)c2ccc(Br)s2)CC1. The molecular weight excluding hydrogens is 458 g/mol. The highest BCUT2D eigenvalue weighted by Crippen LogP contribution is 2.28. The molecule has 11 heteroatoms. The highest BCUT2D eigenvalue weighted by molar-refractivity contribution is 9.11. The standard InChI is InChI=1S/C16H24BrN3O5S2/c1-16(2,3)25-15(22)18-7-6-13(21)19-8-10-20(11-9-19)27(23,24)14-5-4-12(17)26-14/h4-5H,6-11H2,1-3H3,(H,18,22). The number of thiophene rings is 1. The third-order valence-electron chi connectivity index (χ3n) is 3.74. The zero-order valence-electron chi connectivity index (χ0n) is 15.5. The first-order valence-electron chi connectivity index (χ1n) is 8.49. The molecule has 1 fully saturated rings. The number of carbonyl (C=O) groups excluding carboxylic acids is 2. The van der Waals surface area contributed by atoms with Gasteiger partial charge in [0.1, 0.15) is 9.81 Å². The second-order valence-electron chi connectivity index (χ2n) is 7.02. The lowest BCUT2D eigenvalue weighted by Crippen LogP contribution is -2.50. The number of nitrogens with one attached hydrogen (secondary N) is 1. The molecule has 0 aliphatic carbocycles. The van der Waals surface area contributed by atoms with Gasteiger partial charge in [-0.15, -0.1) is 11.3 Å². The Morgan fingerprint density at radius 1 is 1.22 bits per heavy atom. The van der Waals surface area contributed by atoms with Gasteiger partial charge in [0.15, 0.2) is 0 Å². The quantitative estimate of drug-likeness (QED) is 0.695. The Balaban J connectivity index is 1.78. The number of piperazine rings is 1. The van der Waals surface area contributed by atoms with Gasteiger partial charge in [-0.25, -0.2) is 13.2 Å². The average Bonchev–Trinajstić information content (AvgIpc) is 3.00. The number of carbonyl (C=O) groups is 2. The predicted molar refractivity (Wildman–Crippen MR) is 106 cm³/mol. The van der Waals surface area contributed by atoms with Crippen LogP contribution in [0.1, 0.15) is 27.2 Å². The van der Waals surface area contributed by atoms with Crippen molar-refractivity contribution in [3.8, 4) is 0 Å². The number of rotatable bonds is 5. The Hall–Kier alpha value is -1.17. The van der Waals surface area contributed by atoms with Crippen molar-refractivity contribution >= 4 is 49.3 Å². The molecule has 1 aliphatic rings. The lowest BCUT2D eigenvalue weighted by molar-refractivity contribution is -0.132. The first kappa shape index (κ1) is 22.1. The van der Waals surface area contributed by atoms with E-state index in [1.165, 1.54) is 15.6 Å². The van der Waals surface area contributed by atoms with Gasteiger partial charge >= 0.3 is 6.09 Å². The summed E-state index contributed by atoms with van der Waals surface area (Å²) in [4.78, 5) is 25.4. The predicted octanol–water partition coefficient (Wildman–Crippen LogP) is 2.26. The average molecular weight is 482 g/mol. The second kappa shape index (κ2) is 8.89. The molecule has 2 amide bonds. The third kappa shape index (κ3) is 6.44. The van der Waals surface area contributed by atoms with Gasteiger partial charge in [-0.05, 0) is 48.8 Å². The zero-order chi connectivity index (χ0) is 20.2. The van der Waals surface area contributed by atoms with Gasteiger partial charge < -0.3 is 15.0 Å². The van der Waals surface area contributed by atoms with Gasteiger partial charge in [-0.2, -0.15) is 4.31 Å². The van der Waals surface area contributed by atoms with Crippen molar-refractivity contribution in [3.05, 3.63) is 15.9 Å². The molecule has 1 saturated heterocycles. The van der Waals surface area contributed by atoms with E-state index in [4.69, 9.17) is 4.74 Å². The molecule has 0 unspecified atom stereocenters. The van der Waals surface area contributed by atoms with Gasteiger partial charge in [0, 0.05) is 39.1 Å². The van der Waals surface area contributed by atoms with E-state index < -0.39 is 21.7 Å². The smallest absolute Gasteiger partial charge is 0.407 e. The number of hydrogen-bond donors (Lipinski definition) is 1. The molecule has 0 saturated carbocycles. The van der Waals surface area contributed by atoms with Crippen LogP contribution in [-0.2, 0) is 19.6 Å². The molecule has 1 aliphatic heterocycles. The number of amides is 2. The molecule has 0 radical (unpaired) electrons. The first-order chi connectivity index (χ1) is 12.5. The van der Waals surface area contributed by atoms with E-state index in [1.807, 2.05) is 0 Å². The van der Waals surface area contributed by atoms with Gasteiger partial charge in [-0.3, -0.25) is 4.79 Å². The monoisotopic (exact) mass is 481 g/mol. The van der Waals surface area contributed by atoms with Crippen molar-refractivity contribution in [2.45, 2.75) is 37.0 Å². The molecule has 2 rings (SSSR count). The van der Waals surface area contributed by atoms with Crippen LogP contribution in [0.5, 0.6) is 0 Å². The minimum atomic E-state index is -3.53. The van der Waals surface area contributed by atoms with Crippen molar-refractivity contribution in [2.75, 3.05) is 32.7 Å². The van der Waals surface area contributed by atoms with Crippen LogP contribution in [0.15, 0.2) is 20.1 Å². The Labute approximate surface area is 172 Å². The summed E-state index contributed by atoms with van der Waals surface area (Å²) in [6.07, 6.45) is -0.419. The molecular formula is C16H24BrN3O5S2. The van der Waals surface area contributed by atoms with Gasteiger partial charge in [-0.1, -0.05) is 0 Å². The molecule has 1 N–H and O–H groups in total. The highest BCUT2D eigenvalue weighted by Gasteiger charge is 2.31. The highest BCUT2D eigenvalue weighted by atomic mass is 79.9. The maximum absolute atomic E-state index is 12.6. The Bertz CT molecular complexity index is 780. The van der Waals surface area contributed by atoms with Gasteiger partial charge in [0.2, 0.25) is 5.91 Å². The zero-order valence-corrected chi connectivity index (χ0v) is 18.7. The summed E-state index contributed by atoms with van der Waals surface area (Å²) in [7, 11) is -3.53. The van der Waals surface area contributed by atoms with E-state index in [2.05, 4.69) is 21.2 Å². The lowest BCUT2D eigenvalue weighted by Gasteiger charge is -2.33. The molecule has 152 valence electrons. The number of ether oxygens (including phenoxy) is 1. The van der Waals surface area contributed by atoms with Gasteiger partial charge in [0.25, 0.3) is 10.0 Å². The number of sulfonamides is 1.